The Morgan fingerprint density at radius 3 is 1.84 bits per heavy atom. The summed E-state index contributed by atoms with van der Waals surface area (Å²) in [5.74, 6) is -0.934. The average molecular weight is 543 g/mol. The van der Waals surface area contributed by atoms with Crippen molar-refractivity contribution in [1.82, 2.24) is 0 Å². The van der Waals surface area contributed by atoms with Crippen LogP contribution in [-0.4, -0.2) is 31.0 Å². The Balaban J connectivity index is 2.04. The summed E-state index contributed by atoms with van der Waals surface area (Å²) in [7, 11) is -10.1. The lowest BCUT2D eigenvalue weighted by Crippen LogP contribution is -2.04. The number of benzene rings is 4. The van der Waals surface area contributed by atoms with Crippen molar-refractivity contribution in [1.29, 1.82) is 0 Å². The molecule has 0 amide bonds. The van der Waals surface area contributed by atoms with Gasteiger partial charge in [0.05, 0.1) is 22.4 Å². The summed E-state index contributed by atoms with van der Waals surface area (Å²) in [6.07, 6.45) is 0. The fourth-order valence-corrected chi connectivity index (χ4v) is 4.70. The fraction of sp³-hybridized carbons (Fsp3) is 0. The average Bonchev–Trinajstić information content (AvgIpc) is 2.83. The van der Waals surface area contributed by atoms with Gasteiger partial charge in [-0.25, -0.2) is 0 Å². The molecule has 7 N–H and O–H groups in total. The highest BCUT2D eigenvalue weighted by Crippen LogP contribution is 2.48. The normalized spacial score (nSPS) is 12.6. The molecule has 4 aromatic carbocycles. The quantitative estimate of drug-likeness (QED) is 0.125. The van der Waals surface area contributed by atoms with Crippen LogP contribution in [0.4, 0.5) is 34.1 Å². The summed E-state index contributed by atoms with van der Waals surface area (Å²) in [4.78, 5) is -1.83. The van der Waals surface area contributed by atoms with Gasteiger partial charge in [-0.05, 0) is 48.5 Å². The molecular formula is C22H18N6O7S2. The smallest absolute Gasteiger partial charge is 0.296 e. The molecule has 0 saturated carbocycles. The van der Waals surface area contributed by atoms with Crippen LogP contribution in [0.1, 0.15) is 0 Å². The van der Waals surface area contributed by atoms with E-state index in [-0.39, 0.29) is 17.1 Å². The lowest BCUT2D eigenvalue weighted by atomic mass is 10.0. The molecule has 0 heterocycles. The molecule has 0 aliphatic carbocycles. The van der Waals surface area contributed by atoms with E-state index in [1.54, 1.807) is 30.3 Å². The number of nitrogens with two attached hydrogens (primary N) is 2. The van der Waals surface area contributed by atoms with E-state index < -0.39 is 52.2 Å². The van der Waals surface area contributed by atoms with Crippen LogP contribution >= 0.6 is 0 Å². The van der Waals surface area contributed by atoms with Gasteiger partial charge in [0.1, 0.15) is 21.2 Å². The van der Waals surface area contributed by atoms with Gasteiger partial charge >= 0.3 is 0 Å². The molecule has 0 aliphatic heterocycles. The summed E-state index contributed by atoms with van der Waals surface area (Å²) in [5.41, 5.74) is 11.5. The first kappa shape index (κ1) is 25.6. The second-order valence-electron chi connectivity index (χ2n) is 7.58. The minimum absolute atomic E-state index is 0.279. The highest BCUT2D eigenvalue weighted by atomic mass is 32.2. The van der Waals surface area contributed by atoms with E-state index in [4.69, 9.17) is 11.5 Å². The molecule has 0 saturated heterocycles. The minimum atomic E-state index is -5.07. The van der Waals surface area contributed by atoms with Crippen LogP contribution in [0.2, 0.25) is 0 Å². The molecule has 37 heavy (non-hydrogen) atoms. The predicted molar refractivity (Wildman–Crippen MR) is 135 cm³/mol. The second-order valence-corrected chi connectivity index (χ2v) is 10.4. The number of azo groups is 2. The van der Waals surface area contributed by atoms with Crippen LogP contribution in [0.15, 0.2) is 97.0 Å². The third-order valence-corrected chi connectivity index (χ3v) is 6.82. The van der Waals surface area contributed by atoms with E-state index >= 15 is 0 Å². The van der Waals surface area contributed by atoms with Crippen LogP contribution < -0.4 is 11.5 Å². The molecule has 0 fully saturated rings. The van der Waals surface area contributed by atoms with Crippen molar-refractivity contribution in [3.63, 3.8) is 0 Å². The summed E-state index contributed by atoms with van der Waals surface area (Å²) in [6.45, 7) is 0. The number of fused-ring (bicyclic) bond motifs is 1. The number of nitrogen functional groups attached to an aromatic ring is 2. The van der Waals surface area contributed by atoms with E-state index in [1.807, 2.05) is 0 Å². The standard InChI is InChI=1S/C22H18N6O7S2/c23-12-6-8-14(9-7-12)25-27-16-11-17(36(30,31)32)15-10-18(37(33,34)35)21(22(29)19(15)20(16)24)28-26-13-4-2-1-3-5-13/h1-11,29H,23-24H2,(H,30,31,32)(H,33,34,35). The Morgan fingerprint density at radius 2 is 1.24 bits per heavy atom. The molecule has 0 radical (unpaired) electrons. The summed E-state index contributed by atoms with van der Waals surface area (Å²) in [6, 6.07) is 15.7. The monoisotopic (exact) mass is 542 g/mol. The van der Waals surface area contributed by atoms with E-state index in [0.29, 0.717) is 17.4 Å². The molecule has 0 bridgehead atoms. The van der Waals surface area contributed by atoms with Gasteiger partial charge in [0, 0.05) is 11.1 Å². The molecule has 0 aromatic heterocycles. The van der Waals surface area contributed by atoms with Gasteiger partial charge in [-0.1, -0.05) is 18.2 Å². The molecule has 0 aliphatic rings. The van der Waals surface area contributed by atoms with E-state index in [1.165, 1.54) is 24.3 Å². The highest BCUT2D eigenvalue weighted by Gasteiger charge is 2.28. The van der Waals surface area contributed by atoms with Crippen molar-refractivity contribution in [3.8, 4) is 5.75 Å². The van der Waals surface area contributed by atoms with Gasteiger partial charge in [0.25, 0.3) is 20.2 Å². The molecule has 13 nitrogen and oxygen atoms in total. The van der Waals surface area contributed by atoms with Crippen molar-refractivity contribution in [3.05, 3.63) is 66.7 Å². The zero-order valence-corrected chi connectivity index (χ0v) is 20.2. The van der Waals surface area contributed by atoms with Crippen molar-refractivity contribution in [2.75, 3.05) is 11.5 Å². The number of nitrogens with zero attached hydrogens (tertiary/aromatic N) is 4. The number of hydrogen-bond donors (Lipinski definition) is 5. The van der Waals surface area contributed by atoms with Gasteiger partial charge in [0.2, 0.25) is 0 Å². The Hall–Kier alpha value is -4.44. The summed E-state index contributed by atoms with van der Waals surface area (Å²) < 4.78 is 68.2. The molecule has 15 heteroatoms. The molecule has 4 rings (SSSR count). The zero-order valence-electron chi connectivity index (χ0n) is 18.6. The molecule has 0 atom stereocenters. The van der Waals surface area contributed by atoms with Crippen molar-refractivity contribution < 1.29 is 31.0 Å². The third-order valence-electron chi connectivity index (χ3n) is 5.06. The lowest BCUT2D eigenvalue weighted by molar-refractivity contribution is 0.471. The maximum atomic E-state index is 12.2. The number of anilines is 2. The number of phenols is 1. The zero-order chi connectivity index (χ0) is 27.0. The molecule has 190 valence electrons. The Labute approximate surface area is 210 Å². The first-order valence-corrected chi connectivity index (χ1v) is 13.1. The van der Waals surface area contributed by atoms with Gasteiger partial charge < -0.3 is 16.6 Å². The summed E-state index contributed by atoms with van der Waals surface area (Å²) >= 11 is 0. The molecular weight excluding hydrogens is 524 g/mol. The fourth-order valence-electron chi connectivity index (χ4n) is 3.35. The lowest BCUT2D eigenvalue weighted by Gasteiger charge is -2.14. The highest BCUT2D eigenvalue weighted by molar-refractivity contribution is 7.86. The van der Waals surface area contributed by atoms with Crippen molar-refractivity contribution >= 4 is 65.1 Å². The first-order chi connectivity index (χ1) is 17.4. The Morgan fingerprint density at radius 1 is 0.676 bits per heavy atom. The van der Waals surface area contributed by atoms with Crippen molar-refractivity contribution in [2.24, 2.45) is 20.5 Å². The van der Waals surface area contributed by atoms with Crippen LogP contribution in [0.5, 0.6) is 5.75 Å². The number of phenolic OH excluding ortho intramolecular Hbond substituents is 1. The van der Waals surface area contributed by atoms with Gasteiger partial charge in [-0.3, -0.25) is 9.11 Å². The third kappa shape index (κ3) is 5.39. The van der Waals surface area contributed by atoms with Gasteiger partial charge in [0.15, 0.2) is 5.75 Å². The first-order valence-electron chi connectivity index (χ1n) is 10.2. The molecule has 0 unspecified atom stereocenters. The van der Waals surface area contributed by atoms with Crippen LogP contribution in [-0.2, 0) is 20.2 Å². The number of rotatable bonds is 6. The van der Waals surface area contributed by atoms with Crippen LogP contribution in [0.25, 0.3) is 10.8 Å². The predicted octanol–water partition coefficient (Wildman–Crippen LogP) is 5.03. The van der Waals surface area contributed by atoms with Crippen LogP contribution in [0, 0.1) is 0 Å². The van der Waals surface area contributed by atoms with Crippen molar-refractivity contribution in [2.45, 2.75) is 9.79 Å². The molecule has 4 aromatic rings. The largest absolute Gasteiger partial charge is 0.505 e. The SMILES string of the molecule is Nc1ccc(N=Nc2cc(S(=O)(=O)O)c3cc(S(=O)(=O)O)c(N=Nc4ccccc4)c(O)c3c2N)cc1. The second kappa shape index (κ2) is 9.55. The maximum Gasteiger partial charge on any atom is 0.296 e. The van der Waals surface area contributed by atoms with E-state index in [9.17, 15) is 31.0 Å². The van der Waals surface area contributed by atoms with Gasteiger partial charge in [-0.2, -0.15) is 27.1 Å². The topological polar surface area (TPSA) is 230 Å². The van der Waals surface area contributed by atoms with E-state index in [2.05, 4.69) is 20.5 Å². The van der Waals surface area contributed by atoms with E-state index in [0.717, 1.165) is 6.07 Å². The Kier molecular flexibility index (Phi) is 6.62. The summed E-state index contributed by atoms with van der Waals surface area (Å²) in [5, 5.41) is 25.5. The van der Waals surface area contributed by atoms with Gasteiger partial charge in [-0.15, -0.1) is 10.2 Å². The minimum Gasteiger partial charge on any atom is -0.505 e. The molecule has 0 spiro atoms. The van der Waals surface area contributed by atoms with Crippen LogP contribution in [0.3, 0.4) is 0 Å². The maximum absolute atomic E-state index is 12.2. The Bertz CT molecular complexity index is 1790. The number of hydrogen-bond acceptors (Lipinski definition) is 11. The number of aromatic hydroxyl groups is 1.